The van der Waals surface area contributed by atoms with E-state index in [9.17, 15) is 14.4 Å². The Hall–Kier alpha value is -2.63. The van der Waals surface area contributed by atoms with E-state index in [1.165, 1.54) is 10.5 Å². The predicted octanol–water partition coefficient (Wildman–Crippen LogP) is 2.33. The van der Waals surface area contributed by atoms with Crippen LogP contribution in [0.3, 0.4) is 0 Å². The fourth-order valence-corrected chi connectivity index (χ4v) is 3.54. The third-order valence-electron chi connectivity index (χ3n) is 4.69. The molecule has 1 saturated heterocycles. The Bertz CT molecular complexity index is 740. The Morgan fingerprint density at radius 3 is 2.87 bits per heavy atom. The number of carbonyl (C=O) groups is 3. The number of hydrogen-bond donors (Lipinski definition) is 1. The van der Waals surface area contributed by atoms with E-state index in [0.717, 1.165) is 36.1 Å². The number of urea groups is 2. The van der Waals surface area contributed by atoms with Crippen LogP contribution < -0.4 is 5.32 Å². The molecule has 1 aromatic rings. The van der Waals surface area contributed by atoms with Gasteiger partial charge in [-0.2, -0.15) is 4.90 Å². The highest BCUT2D eigenvalue weighted by molar-refractivity contribution is 6.21. The van der Waals surface area contributed by atoms with E-state index in [2.05, 4.69) is 5.32 Å². The van der Waals surface area contributed by atoms with Crippen molar-refractivity contribution in [1.82, 2.24) is 15.1 Å². The van der Waals surface area contributed by atoms with E-state index < -0.39 is 18.0 Å². The summed E-state index contributed by atoms with van der Waals surface area (Å²) in [5, 5.41) is 2.84. The van der Waals surface area contributed by atoms with Crippen LogP contribution >= 0.6 is 0 Å². The molecule has 0 radical (unpaired) electrons. The summed E-state index contributed by atoms with van der Waals surface area (Å²) in [7, 11) is 0. The van der Waals surface area contributed by atoms with Gasteiger partial charge in [-0.15, -0.1) is 0 Å². The first-order chi connectivity index (χ1) is 11.2. The Morgan fingerprint density at radius 1 is 1.22 bits per heavy atom. The summed E-state index contributed by atoms with van der Waals surface area (Å²) in [5.41, 5.74) is 2.61. The number of nitrogens with one attached hydrogen (secondary N) is 1. The minimum absolute atomic E-state index is 0.147. The largest absolute Gasteiger partial charge is 0.340 e. The van der Waals surface area contributed by atoms with Crippen LogP contribution in [-0.2, 0) is 11.2 Å². The van der Waals surface area contributed by atoms with Crippen molar-refractivity contribution in [2.45, 2.75) is 31.7 Å². The molecule has 1 aromatic carbocycles. The molecule has 0 bridgehead atoms. The molecule has 1 N–H and O–H groups in total. The standard InChI is InChI=1S/C17H17N3O3/c21-15-14-7-3-4-10-19(14)17(23)20(15)16(22)18-13-9-8-11-5-1-2-6-12(11)13/h1-2,5-7,13H,3-4,8-10H2,(H,18,22)/t13-/m1/s1. The molecule has 4 rings (SSSR count). The molecule has 0 saturated carbocycles. The van der Waals surface area contributed by atoms with Crippen molar-refractivity contribution < 1.29 is 14.4 Å². The van der Waals surface area contributed by atoms with Crippen LogP contribution in [0.2, 0.25) is 0 Å². The van der Waals surface area contributed by atoms with E-state index in [1.54, 1.807) is 6.08 Å². The zero-order chi connectivity index (χ0) is 16.0. The van der Waals surface area contributed by atoms with Gasteiger partial charge in [-0.05, 0) is 36.8 Å². The van der Waals surface area contributed by atoms with E-state index >= 15 is 0 Å². The summed E-state index contributed by atoms with van der Waals surface area (Å²) in [6, 6.07) is 6.61. The number of nitrogens with zero attached hydrogens (tertiary/aromatic N) is 2. The summed E-state index contributed by atoms with van der Waals surface area (Å²) in [6.07, 6.45) is 4.99. The fraction of sp³-hybridized carbons (Fsp3) is 0.353. The highest BCUT2D eigenvalue weighted by Crippen LogP contribution is 2.32. The van der Waals surface area contributed by atoms with E-state index in [1.807, 2.05) is 24.3 Å². The van der Waals surface area contributed by atoms with Crippen LogP contribution in [0.15, 0.2) is 36.0 Å². The molecule has 118 valence electrons. The summed E-state index contributed by atoms with van der Waals surface area (Å²) in [4.78, 5) is 39.3. The lowest BCUT2D eigenvalue weighted by atomic mass is 10.1. The number of allylic oxidation sites excluding steroid dienone is 1. The maximum absolute atomic E-state index is 12.5. The first kappa shape index (κ1) is 14.0. The average Bonchev–Trinajstić information content (AvgIpc) is 3.08. The lowest BCUT2D eigenvalue weighted by Crippen LogP contribution is -2.45. The van der Waals surface area contributed by atoms with Gasteiger partial charge in [0.2, 0.25) is 0 Å². The Kier molecular flexibility index (Phi) is 3.18. The molecule has 5 amide bonds. The van der Waals surface area contributed by atoms with Gasteiger partial charge < -0.3 is 5.32 Å². The van der Waals surface area contributed by atoms with Crippen molar-refractivity contribution in [2.24, 2.45) is 0 Å². The second kappa shape index (κ2) is 5.22. The summed E-state index contributed by atoms with van der Waals surface area (Å²) in [6.45, 7) is 0.493. The molecule has 23 heavy (non-hydrogen) atoms. The molecule has 1 aliphatic carbocycles. The van der Waals surface area contributed by atoms with E-state index in [-0.39, 0.29) is 6.04 Å². The number of aryl methyl sites for hydroxylation is 1. The molecule has 1 atom stereocenters. The topological polar surface area (TPSA) is 69.7 Å². The molecule has 6 heteroatoms. The molecular weight excluding hydrogens is 294 g/mol. The van der Waals surface area contributed by atoms with Crippen molar-refractivity contribution in [1.29, 1.82) is 0 Å². The maximum atomic E-state index is 12.5. The molecule has 2 heterocycles. The monoisotopic (exact) mass is 311 g/mol. The molecule has 0 unspecified atom stereocenters. The van der Waals surface area contributed by atoms with Gasteiger partial charge in [-0.25, -0.2) is 9.59 Å². The smallest absolute Gasteiger partial charge is 0.330 e. The third kappa shape index (κ3) is 2.13. The van der Waals surface area contributed by atoms with Crippen molar-refractivity contribution in [3.8, 4) is 0 Å². The normalized spacial score (nSPS) is 22.8. The minimum atomic E-state index is -0.628. The SMILES string of the molecule is O=C(N[C@@H]1CCc2ccccc21)N1C(=O)C2=CCCCN2C1=O. The summed E-state index contributed by atoms with van der Waals surface area (Å²) >= 11 is 0. The molecule has 3 aliphatic rings. The Labute approximate surface area is 133 Å². The molecule has 0 aromatic heterocycles. The van der Waals surface area contributed by atoms with E-state index in [4.69, 9.17) is 0 Å². The van der Waals surface area contributed by atoms with Crippen LogP contribution in [0.4, 0.5) is 9.59 Å². The van der Waals surface area contributed by atoms with Crippen LogP contribution in [0.5, 0.6) is 0 Å². The first-order valence-electron chi connectivity index (χ1n) is 7.91. The Morgan fingerprint density at radius 2 is 2.04 bits per heavy atom. The second-order valence-electron chi connectivity index (χ2n) is 6.05. The van der Waals surface area contributed by atoms with Gasteiger partial charge in [0.15, 0.2) is 0 Å². The third-order valence-corrected chi connectivity index (χ3v) is 4.69. The molecule has 6 nitrogen and oxygen atoms in total. The van der Waals surface area contributed by atoms with Gasteiger partial charge in [0.05, 0.1) is 6.04 Å². The zero-order valence-corrected chi connectivity index (χ0v) is 12.6. The summed E-state index contributed by atoms with van der Waals surface area (Å²) in [5.74, 6) is -0.515. The number of fused-ring (bicyclic) bond motifs is 2. The molecule has 1 fully saturated rings. The fourth-order valence-electron chi connectivity index (χ4n) is 3.54. The van der Waals surface area contributed by atoms with Gasteiger partial charge in [-0.3, -0.25) is 9.69 Å². The number of rotatable bonds is 1. The summed E-state index contributed by atoms with van der Waals surface area (Å²) < 4.78 is 0. The zero-order valence-electron chi connectivity index (χ0n) is 12.6. The van der Waals surface area contributed by atoms with Crippen molar-refractivity contribution in [3.63, 3.8) is 0 Å². The van der Waals surface area contributed by atoms with Crippen LogP contribution in [0, 0.1) is 0 Å². The van der Waals surface area contributed by atoms with Crippen molar-refractivity contribution in [2.75, 3.05) is 6.54 Å². The van der Waals surface area contributed by atoms with Gasteiger partial charge in [0.1, 0.15) is 5.70 Å². The Balaban J connectivity index is 1.54. The lowest BCUT2D eigenvalue weighted by Gasteiger charge is -2.20. The number of hydrogen-bond acceptors (Lipinski definition) is 3. The van der Waals surface area contributed by atoms with Gasteiger partial charge in [0.25, 0.3) is 5.91 Å². The maximum Gasteiger partial charge on any atom is 0.340 e. The van der Waals surface area contributed by atoms with Crippen molar-refractivity contribution in [3.05, 3.63) is 47.2 Å². The van der Waals surface area contributed by atoms with Gasteiger partial charge in [0, 0.05) is 6.54 Å². The first-order valence-corrected chi connectivity index (χ1v) is 7.91. The van der Waals surface area contributed by atoms with Gasteiger partial charge >= 0.3 is 12.1 Å². The second-order valence-corrected chi connectivity index (χ2v) is 6.05. The van der Waals surface area contributed by atoms with E-state index in [0.29, 0.717) is 12.2 Å². The highest BCUT2D eigenvalue weighted by Gasteiger charge is 2.45. The molecule has 0 spiro atoms. The highest BCUT2D eigenvalue weighted by atomic mass is 16.2. The number of amides is 5. The van der Waals surface area contributed by atoms with Crippen LogP contribution in [0.25, 0.3) is 0 Å². The number of carbonyl (C=O) groups excluding carboxylic acids is 3. The molecule has 2 aliphatic heterocycles. The van der Waals surface area contributed by atoms with Crippen molar-refractivity contribution >= 4 is 18.0 Å². The quantitative estimate of drug-likeness (QED) is 0.809. The predicted molar refractivity (Wildman–Crippen MR) is 82.3 cm³/mol. The van der Waals surface area contributed by atoms with Crippen LogP contribution in [-0.4, -0.2) is 34.3 Å². The minimum Gasteiger partial charge on any atom is -0.330 e. The number of benzene rings is 1. The lowest BCUT2D eigenvalue weighted by molar-refractivity contribution is -0.121. The van der Waals surface area contributed by atoms with Gasteiger partial charge in [-0.1, -0.05) is 30.3 Å². The average molecular weight is 311 g/mol. The molecular formula is C17H17N3O3. The van der Waals surface area contributed by atoms with Crippen LogP contribution in [0.1, 0.15) is 36.4 Å². The number of imide groups is 3.